The summed E-state index contributed by atoms with van der Waals surface area (Å²) in [6.07, 6.45) is -4.38. The molecule has 5 nitrogen and oxygen atoms in total. The number of alkyl halides is 3. The van der Waals surface area contributed by atoms with Gasteiger partial charge in [-0.1, -0.05) is 42.5 Å². The number of benzene rings is 2. The average Bonchev–Trinajstić information content (AvgIpc) is 2.72. The van der Waals surface area contributed by atoms with Crippen molar-refractivity contribution in [1.82, 2.24) is 15.1 Å². The summed E-state index contributed by atoms with van der Waals surface area (Å²) in [6, 6.07) is 15.7. The van der Waals surface area contributed by atoms with E-state index in [1.807, 2.05) is 49.2 Å². The van der Waals surface area contributed by atoms with Crippen LogP contribution in [-0.2, 0) is 0 Å². The molecular formula is C22H26F3N3O2. The molecule has 0 spiro atoms. The van der Waals surface area contributed by atoms with E-state index in [1.54, 1.807) is 12.1 Å². The lowest BCUT2D eigenvalue weighted by atomic mass is 10.0. The normalized spacial score (nSPS) is 18.7. The minimum absolute atomic E-state index is 0.0460. The predicted octanol–water partition coefficient (Wildman–Crippen LogP) is 4.39. The van der Waals surface area contributed by atoms with Crippen molar-refractivity contribution in [2.24, 2.45) is 0 Å². The first-order valence-corrected chi connectivity index (χ1v) is 9.83. The zero-order chi connectivity index (χ0) is 21.7. The number of nitrogens with one attached hydrogen (secondary N) is 1. The molecule has 162 valence electrons. The van der Waals surface area contributed by atoms with Crippen LogP contribution in [0.25, 0.3) is 0 Å². The monoisotopic (exact) mass is 421 g/mol. The molecule has 2 aromatic rings. The van der Waals surface area contributed by atoms with Crippen molar-refractivity contribution in [1.29, 1.82) is 0 Å². The lowest BCUT2D eigenvalue weighted by molar-refractivity contribution is -0.153. The molecule has 1 aliphatic rings. The standard InChI is InChI=1S/C22H26F3N3O2/c1-16(17-8-10-19(11-9-17)30-15-22(23,24)25)26-21(29)28-13-12-27(2)14-20(28)18-6-4-3-5-7-18/h3-11,16,20H,12-15H2,1-2H3,(H,26,29). The molecule has 0 aliphatic carbocycles. The Hall–Kier alpha value is -2.74. The third kappa shape index (κ3) is 5.89. The number of halogens is 3. The zero-order valence-electron chi connectivity index (χ0n) is 17.0. The highest BCUT2D eigenvalue weighted by atomic mass is 19.4. The van der Waals surface area contributed by atoms with Crippen LogP contribution >= 0.6 is 0 Å². The zero-order valence-corrected chi connectivity index (χ0v) is 17.0. The largest absolute Gasteiger partial charge is 0.484 e. The van der Waals surface area contributed by atoms with Gasteiger partial charge in [-0.05, 0) is 37.2 Å². The second kappa shape index (κ2) is 9.38. The Labute approximate surface area is 174 Å². The number of amides is 2. The number of nitrogens with zero attached hydrogens (tertiary/aromatic N) is 2. The second-order valence-electron chi connectivity index (χ2n) is 7.53. The summed E-state index contributed by atoms with van der Waals surface area (Å²) < 4.78 is 41.5. The van der Waals surface area contributed by atoms with Gasteiger partial charge in [0, 0.05) is 19.6 Å². The average molecular weight is 421 g/mol. The van der Waals surface area contributed by atoms with E-state index >= 15 is 0 Å². The van der Waals surface area contributed by atoms with E-state index in [-0.39, 0.29) is 23.9 Å². The van der Waals surface area contributed by atoms with E-state index in [2.05, 4.69) is 10.2 Å². The molecule has 0 saturated carbocycles. The number of urea groups is 1. The second-order valence-corrected chi connectivity index (χ2v) is 7.53. The number of likely N-dealkylation sites (N-methyl/N-ethyl adjacent to an activating group) is 1. The van der Waals surface area contributed by atoms with Crippen molar-refractivity contribution < 1.29 is 22.7 Å². The maximum Gasteiger partial charge on any atom is 0.422 e. The van der Waals surface area contributed by atoms with Crippen molar-refractivity contribution in [3.8, 4) is 5.75 Å². The fourth-order valence-corrected chi connectivity index (χ4v) is 3.49. The molecule has 2 amide bonds. The molecule has 3 rings (SSSR count). The van der Waals surface area contributed by atoms with Crippen molar-refractivity contribution in [3.05, 3.63) is 65.7 Å². The van der Waals surface area contributed by atoms with E-state index < -0.39 is 12.8 Å². The van der Waals surface area contributed by atoms with Gasteiger partial charge in [0.25, 0.3) is 0 Å². The van der Waals surface area contributed by atoms with Crippen LogP contribution in [0.3, 0.4) is 0 Å². The van der Waals surface area contributed by atoms with Gasteiger partial charge in [0.05, 0.1) is 12.1 Å². The van der Waals surface area contributed by atoms with Gasteiger partial charge in [0.2, 0.25) is 0 Å². The topological polar surface area (TPSA) is 44.8 Å². The quantitative estimate of drug-likeness (QED) is 0.779. The molecule has 2 unspecified atom stereocenters. The SMILES string of the molecule is CC(NC(=O)N1CCN(C)CC1c1ccccc1)c1ccc(OCC(F)(F)F)cc1. The Morgan fingerprint density at radius 3 is 2.43 bits per heavy atom. The van der Waals surface area contributed by atoms with Gasteiger partial charge in [-0.3, -0.25) is 0 Å². The lowest BCUT2D eigenvalue weighted by Crippen LogP contribution is -2.52. The number of hydrogen-bond acceptors (Lipinski definition) is 3. The predicted molar refractivity (Wildman–Crippen MR) is 108 cm³/mol. The summed E-state index contributed by atoms with van der Waals surface area (Å²) in [6.45, 7) is 2.66. The Morgan fingerprint density at radius 2 is 1.80 bits per heavy atom. The summed E-state index contributed by atoms with van der Waals surface area (Å²) in [4.78, 5) is 17.0. The Kier molecular flexibility index (Phi) is 6.87. The van der Waals surface area contributed by atoms with Gasteiger partial charge in [0.1, 0.15) is 5.75 Å². The fourth-order valence-electron chi connectivity index (χ4n) is 3.49. The first-order chi connectivity index (χ1) is 14.2. The summed E-state index contributed by atoms with van der Waals surface area (Å²) in [5.41, 5.74) is 1.87. The summed E-state index contributed by atoms with van der Waals surface area (Å²) in [7, 11) is 2.04. The van der Waals surface area contributed by atoms with E-state index in [9.17, 15) is 18.0 Å². The van der Waals surface area contributed by atoms with Gasteiger partial charge in [-0.25, -0.2) is 4.79 Å². The summed E-state index contributed by atoms with van der Waals surface area (Å²) >= 11 is 0. The number of carbonyl (C=O) groups is 1. The van der Waals surface area contributed by atoms with Gasteiger partial charge < -0.3 is 19.9 Å². The smallest absolute Gasteiger partial charge is 0.422 e. The molecule has 2 atom stereocenters. The first-order valence-electron chi connectivity index (χ1n) is 9.83. The number of ether oxygens (including phenoxy) is 1. The molecule has 1 aliphatic heterocycles. The Balaban J connectivity index is 1.64. The minimum Gasteiger partial charge on any atom is -0.484 e. The van der Waals surface area contributed by atoms with Crippen LogP contribution in [0.2, 0.25) is 0 Å². The molecule has 1 saturated heterocycles. The van der Waals surface area contributed by atoms with E-state index in [1.165, 1.54) is 12.1 Å². The van der Waals surface area contributed by atoms with Gasteiger partial charge >= 0.3 is 12.2 Å². The number of hydrogen-bond donors (Lipinski definition) is 1. The third-order valence-corrected chi connectivity index (χ3v) is 5.15. The molecule has 8 heteroatoms. The van der Waals surface area contributed by atoms with Crippen LogP contribution in [-0.4, -0.2) is 55.3 Å². The molecule has 1 fully saturated rings. The molecule has 0 bridgehead atoms. The first kappa shape index (κ1) is 22.0. The third-order valence-electron chi connectivity index (χ3n) is 5.15. The fraction of sp³-hybridized carbons (Fsp3) is 0.409. The lowest BCUT2D eigenvalue weighted by Gasteiger charge is -2.40. The van der Waals surface area contributed by atoms with E-state index in [0.29, 0.717) is 6.54 Å². The molecule has 1 N–H and O–H groups in total. The highest BCUT2D eigenvalue weighted by molar-refractivity contribution is 5.75. The molecule has 1 heterocycles. The molecule has 0 aromatic heterocycles. The summed E-state index contributed by atoms with van der Waals surface area (Å²) in [5, 5.41) is 3.00. The molecular weight excluding hydrogens is 395 g/mol. The highest BCUT2D eigenvalue weighted by Gasteiger charge is 2.31. The number of piperazine rings is 1. The van der Waals surface area contributed by atoms with Crippen molar-refractivity contribution >= 4 is 6.03 Å². The molecule has 2 aromatic carbocycles. The van der Waals surface area contributed by atoms with Crippen LogP contribution in [0.15, 0.2) is 54.6 Å². The van der Waals surface area contributed by atoms with Gasteiger partial charge in [-0.15, -0.1) is 0 Å². The maximum absolute atomic E-state index is 13.0. The van der Waals surface area contributed by atoms with E-state index in [4.69, 9.17) is 4.74 Å². The van der Waals surface area contributed by atoms with Crippen molar-refractivity contribution in [3.63, 3.8) is 0 Å². The van der Waals surface area contributed by atoms with Crippen LogP contribution in [0.1, 0.15) is 30.1 Å². The minimum atomic E-state index is -4.38. The van der Waals surface area contributed by atoms with Gasteiger partial charge in [-0.2, -0.15) is 13.2 Å². The van der Waals surface area contributed by atoms with Crippen molar-refractivity contribution in [2.75, 3.05) is 33.3 Å². The Bertz CT molecular complexity index is 828. The number of rotatable bonds is 5. The Morgan fingerprint density at radius 1 is 1.13 bits per heavy atom. The molecule has 0 radical (unpaired) electrons. The van der Waals surface area contributed by atoms with Crippen LogP contribution in [0.5, 0.6) is 5.75 Å². The molecule has 30 heavy (non-hydrogen) atoms. The van der Waals surface area contributed by atoms with Crippen LogP contribution in [0.4, 0.5) is 18.0 Å². The van der Waals surface area contributed by atoms with E-state index in [0.717, 1.165) is 24.2 Å². The van der Waals surface area contributed by atoms with Gasteiger partial charge in [0.15, 0.2) is 6.61 Å². The highest BCUT2D eigenvalue weighted by Crippen LogP contribution is 2.26. The summed E-state index contributed by atoms with van der Waals surface area (Å²) in [5.74, 6) is 0.137. The van der Waals surface area contributed by atoms with Crippen LogP contribution < -0.4 is 10.1 Å². The maximum atomic E-state index is 13.0. The number of carbonyl (C=O) groups excluding carboxylic acids is 1. The van der Waals surface area contributed by atoms with Crippen molar-refractivity contribution in [2.45, 2.75) is 25.2 Å². The van der Waals surface area contributed by atoms with Crippen LogP contribution in [0, 0.1) is 0 Å².